The Kier molecular flexibility index (Phi) is 6.04. The van der Waals surface area contributed by atoms with E-state index in [1.54, 1.807) is 0 Å². The van der Waals surface area contributed by atoms with Gasteiger partial charge in [0.1, 0.15) is 18.3 Å². The molecular weight excluding hydrogens is 310 g/mol. The molecule has 1 fully saturated rings. The second kappa shape index (κ2) is 7.81. The fraction of sp³-hybridized carbons (Fsp3) is 0.692. The zero-order valence-corrected chi connectivity index (χ0v) is 12.6. The van der Waals surface area contributed by atoms with Gasteiger partial charge in [-0.05, 0) is 0 Å². The molecule has 130 valence electrons. The summed E-state index contributed by atoms with van der Waals surface area (Å²) in [5, 5.41) is 20.0. The van der Waals surface area contributed by atoms with E-state index in [2.05, 4.69) is 4.98 Å². The van der Waals surface area contributed by atoms with Crippen LogP contribution in [0.25, 0.3) is 0 Å². The molecule has 0 aliphatic carbocycles. The number of rotatable bonds is 7. The van der Waals surface area contributed by atoms with Crippen molar-refractivity contribution in [2.45, 2.75) is 30.6 Å². The number of hydrogen-bond acceptors (Lipinski definition) is 8. The topological polar surface area (TPSA) is 149 Å². The number of methoxy groups -OCH3 is 1. The van der Waals surface area contributed by atoms with Crippen molar-refractivity contribution in [3.8, 4) is 0 Å². The lowest BCUT2D eigenvalue weighted by Gasteiger charge is -2.17. The second-order valence-corrected chi connectivity index (χ2v) is 5.32. The van der Waals surface area contributed by atoms with Crippen LogP contribution in [0.5, 0.6) is 0 Å². The summed E-state index contributed by atoms with van der Waals surface area (Å²) in [5.41, 5.74) is 4.40. The maximum atomic E-state index is 11.7. The smallest absolute Gasteiger partial charge is 0.330 e. The lowest BCUT2D eigenvalue weighted by atomic mass is 10.1. The molecule has 1 aliphatic rings. The molecule has 10 nitrogen and oxygen atoms in total. The van der Waals surface area contributed by atoms with Gasteiger partial charge in [0.15, 0.2) is 6.23 Å². The van der Waals surface area contributed by atoms with E-state index in [1.165, 1.54) is 13.3 Å². The molecule has 23 heavy (non-hydrogen) atoms. The van der Waals surface area contributed by atoms with Gasteiger partial charge in [-0.1, -0.05) is 0 Å². The van der Waals surface area contributed by atoms with Gasteiger partial charge in [-0.2, -0.15) is 0 Å². The van der Waals surface area contributed by atoms with Crippen molar-refractivity contribution in [3.63, 3.8) is 0 Å². The Hall–Kier alpha value is -1.56. The average molecular weight is 331 g/mol. The van der Waals surface area contributed by atoms with Crippen LogP contribution in [0.15, 0.2) is 21.9 Å². The summed E-state index contributed by atoms with van der Waals surface area (Å²) in [6, 6.07) is 0.804. The first-order valence-corrected chi connectivity index (χ1v) is 7.09. The summed E-state index contributed by atoms with van der Waals surface area (Å²) in [5.74, 6) is 0. The molecule has 1 aliphatic heterocycles. The highest BCUT2D eigenvalue weighted by atomic mass is 16.6. The summed E-state index contributed by atoms with van der Waals surface area (Å²) in [4.78, 5) is 24.9. The number of nitrogens with one attached hydrogen (secondary N) is 1. The van der Waals surface area contributed by atoms with Crippen LogP contribution in [0.3, 0.4) is 0 Å². The van der Waals surface area contributed by atoms with E-state index >= 15 is 0 Å². The largest absolute Gasteiger partial charge is 0.387 e. The Morgan fingerprint density at radius 3 is 2.78 bits per heavy atom. The van der Waals surface area contributed by atoms with Crippen molar-refractivity contribution in [3.05, 3.63) is 33.1 Å². The molecule has 0 spiro atoms. The molecule has 0 saturated carbocycles. The minimum absolute atomic E-state index is 0.00968. The van der Waals surface area contributed by atoms with Gasteiger partial charge >= 0.3 is 5.69 Å². The van der Waals surface area contributed by atoms with E-state index in [0.29, 0.717) is 6.61 Å². The maximum Gasteiger partial charge on any atom is 0.330 e. The Morgan fingerprint density at radius 2 is 2.13 bits per heavy atom. The fourth-order valence-corrected chi connectivity index (χ4v) is 2.32. The Morgan fingerprint density at radius 1 is 1.39 bits per heavy atom. The number of aromatic nitrogens is 2. The number of aliphatic hydroxyl groups excluding tert-OH is 2. The van der Waals surface area contributed by atoms with Gasteiger partial charge in [0.05, 0.1) is 25.9 Å². The molecule has 2 heterocycles. The average Bonchev–Trinajstić information content (AvgIpc) is 2.76. The highest BCUT2D eigenvalue weighted by Gasteiger charge is 2.44. The minimum atomic E-state index is -1.33. The van der Waals surface area contributed by atoms with E-state index in [0.717, 1.165) is 10.6 Å². The molecule has 10 heteroatoms. The van der Waals surface area contributed by atoms with Crippen LogP contribution < -0.4 is 17.0 Å². The molecule has 0 amide bonds. The first-order chi connectivity index (χ1) is 10.9. The van der Waals surface area contributed by atoms with Gasteiger partial charge in [0.25, 0.3) is 5.56 Å². The Balaban J connectivity index is 1.98. The molecule has 5 N–H and O–H groups in total. The molecule has 1 unspecified atom stereocenters. The van der Waals surface area contributed by atoms with Crippen molar-refractivity contribution in [1.29, 1.82) is 0 Å². The molecule has 0 aromatic carbocycles. The van der Waals surface area contributed by atoms with Gasteiger partial charge in [-0.25, -0.2) is 4.79 Å². The third kappa shape index (κ3) is 4.25. The molecule has 5 atom stereocenters. The van der Waals surface area contributed by atoms with Gasteiger partial charge in [-0.15, -0.1) is 0 Å². The van der Waals surface area contributed by atoms with Crippen molar-refractivity contribution >= 4 is 0 Å². The normalized spacial score (nSPS) is 28.9. The highest BCUT2D eigenvalue weighted by Crippen LogP contribution is 2.28. The minimum Gasteiger partial charge on any atom is -0.387 e. The standard InChI is InChI=1S/C13H21N3O7/c1-21-4-7(14)5-22-6-8-10(18)11(19)12(23-8)16-3-2-9(17)15-13(16)20/h2-3,7-8,10-12,18-19H,4-6,14H2,1H3,(H,15,17,20)/t7?,8-,10-,11-,12-/m1/s1. The molecule has 1 saturated heterocycles. The summed E-state index contributed by atoms with van der Waals surface area (Å²) >= 11 is 0. The van der Waals surface area contributed by atoms with Crippen LogP contribution in [0.4, 0.5) is 0 Å². The van der Waals surface area contributed by atoms with E-state index in [-0.39, 0.29) is 19.3 Å². The van der Waals surface area contributed by atoms with E-state index in [9.17, 15) is 19.8 Å². The number of nitrogens with zero attached hydrogens (tertiary/aromatic N) is 1. The molecule has 1 aromatic heterocycles. The van der Waals surface area contributed by atoms with E-state index in [1.807, 2.05) is 0 Å². The summed E-state index contributed by atoms with van der Waals surface area (Å²) in [6.07, 6.45) is -3.32. The first-order valence-electron chi connectivity index (χ1n) is 7.09. The number of nitrogens with two attached hydrogens (primary N) is 1. The predicted molar refractivity (Wildman–Crippen MR) is 77.9 cm³/mol. The Labute approximate surface area is 131 Å². The second-order valence-electron chi connectivity index (χ2n) is 5.32. The molecular formula is C13H21N3O7. The fourth-order valence-electron chi connectivity index (χ4n) is 2.32. The summed E-state index contributed by atoms with van der Waals surface area (Å²) in [6.45, 7) is 0.510. The monoisotopic (exact) mass is 331 g/mol. The van der Waals surface area contributed by atoms with E-state index in [4.69, 9.17) is 19.9 Å². The number of H-pyrrole nitrogens is 1. The Bertz CT molecular complexity index is 616. The lowest BCUT2D eigenvalue weighted by Crippen LogP contribution is -2.38. The quantitative estimate of drug-likeness (QED) is 0.417. The zero-order valence-electron chi connectivity index (χ0n) is 12.6. The SMILES string of the molecule is COCC(N)COC[C@H]1O[C@@H](n2ccc(=O)[nH]c2=O)[C@H](O)[C@@H]1O. The number of ether oxygens (including phenoxy) is 3. The number of aromatic amines is 1. The van der Waals surface area contributed by atoms with Crippen LogP contribution in [0, 0.1) is 0 Å². The number of aliphatic hydroxyl groups is 2. The maximum absolute atomic E-state index is 11.7. The summed E-state index contributed by atoms with van der Waals surface area (Å²) < 4.78 is 16.7. The van der Waals surface area contributed by atoms with Crippen LogP contribution in [-0.2, 0) is 14.2 Å². The molecule has 0 bridgehead atoms. The summed E-state index contributed by atoms with van der Waals surface area (Å²) in [7, 11) is 1.52. The van der Waals surface area contributed by atoms with Crippen molar-refractivity contribution < 1.29 is 24.4 Å². The van der Waals surface area contributed by atoms with Crippen LogP contribution in [0.2, 0.25) is 0 Å². The third-order valence-corrected chi connectivity index (χ3v) is 3.46. The molecule has 0 radical (unpaired) electrons. The van der Waals surface area contributed by atoms with E-state index < -0.39 is 35.8 Å². The van der Waals surface area contributed by atoms with Crippen molar-refractivity contribution in [2.75, 3.05) is 26.9 Å². The van der Waals surface area contributed by atoms with Gasteiger partial charge in [0.2, 0.25) is 0 Å². The molecule has 1 aromatic rings. The van der Waals surface area contributed by atoms with Gasteiger partial charge < -0.3 is 30.2 Å². The van der Waals surface area contributed by atoms with Crippen LogP contribution in [0.1, 0.15) is 6.23 Å². The highest BCUT2D eigenvalue weighted by molar-refractivity contribution is 4.93. The molecule has 2 rings (SSSR count). The van der Waals surface area contributed by atoms with Gasteiger partial charge in [0, 0.05) is 19.4 Å². The van der Waals surface area contributed by atoms with Crippen molar-refractivity contribution in [2.24, 2.45) is 5.73 Å². The first kappa shape index (κ1) is 17.8. The van der Waals surface area contributed by atoms with Crippen LogP contribution >= 0.6 is 0 Å². The number of hydrogen-bond donors (Lipinski definition) is 4. The van der Waals surface area contributed by atoms with Gasteiger partial charge in [-0.3, -0.25) is 14.3 Å². The zero-order chi connectivity index (χ0) is 17.0. The third-order valence-electron chi connectivity index (χ3n) is 3.46. The van der Waals surface area contributed by atoms with Crippen molar-refractivity contribution in [1.82, 2.24) is 9.55 Å². The van der Waals surface area contributed by atoms with Crippen LogP contribution in [-0.4, -0.2) is 71.0 Å². The predicted octanol–water partition coefficient (Wildman–Crippen LogP) is -2.85. The lowest BCUT2D eigenvalue weighted by molar-refractivity contribution is -0.0709.